The van der Waals surface area contributed by atoms with Crippen LogP contribution in [0.5, 0.6) is 0 Å². The van der Waals surface area contributed by atoms with E-state index in [4.69, 9.17) is 0 Å². The van der Waals surface area contributed by atoms with Gasteiger partial charge in [0.1, 0.15) is 0 Å². The van der Waals surface area contributed by atoms with E-state index in [-0.39, 0.29) is 0 Å². The lowest BCUT2D eigenvalue weighted by atomic mass is 10.3. The molecular weight excluding hydrogens is 246 g/mol. The lowest BCUT2D eigenvalue weighted by Gasteiger charge is -2.23. The molecule has 18 heavy (non-hydrogen) atoms. The first-order valence-electron chi connectivity index (χ1n) is 6.63. The van der Waals surface area contributed by atoms with Gasteiger partial charge >= 0.3 is 0 Å². The Morgan fingerprint density at radius 2 is 1.94 bits per heavy atom. The second-order valence-corrected chi connectivity index (χ2v) is 5.16. The van der Waals surface area contributed by atoms with Crippen molar-refractivity contribution in [2.75, 3.05) is 37.6 Å². The number of carbonyl (C=O) groups is 1. The second-order valence-electron chi connectivity index (χ2n) is 4.12. The molecule has 0 saturated heterocycles. The van der Waals surface area contributed by atoms with Gasteiger partial charge in [-0.3, -0.25) is 4.79 Å². The Kier molecular flexibility index (Phi) is 6.90. The molecule has 1 aromatic heterocycles. The average Bonchev–Trinajstić information content (AvgIpc) is 2.88. The van der Waals surface area contributed by atoms with Crippen LogP contribution in [0.2, 0.25) is 0 Å². The van der Waals surface area contributed by atoms with Crippen molar-refractivity contribution in [3.05, 3.63) is 11.1 Å². The average molecular weight is 269 g/mol. The first-order valence-corrected chi connectivity index (χ1v) is 7.45. The lowest BCUT2D eigenvalue weighted by molar-refractivity contribution is 0.112. The van der Waals surface area contributed by atoms with Gasteiger partial charge < -0.3 is 9.80 Å². The topological polar surface area (TPSA) is 36.4 Å². The number of hydrogen-bond acceptors (Lipinski definition) is 5. The van der Waals surface area contributed by atoms with Gasteiger partial charge in [-0.2, -0.15) is 0 Å². The number of anilines is 1. The number of carbonyl (C=O) groups excluding carboxylic acids is 1. The van der Waals surface area contributed by atoms with Crippen LogP contribution in [-0.4, -0.2) is 48.9 Å². The van der Waals surface area contributed by atoms with E-state index in [1.165, 1.54) is 11.3 Å². The molecule has 1 rings (SSSR count). The zero-order valence-electron chi connectivity index (χ0n) is 11.6. The smallest absolute Gasteiger partial charge is 0.185 e. The summed E-state index contributed by atoms with van der Waals surface area (Å²) < 4.78 is 0. The molecule has 0 bridgehead atoms. The molecule has 0 atom stereocenters. The molecule has 0 fully saturated rings. The predicted molar refractivity (Wildman–Crippen MR) is 77.8 cm³/mol. The maximum Gasteiger partial charge on any atom is 0.185 e. The maximum absolute atomic E-state index is 10.7. The molecule has 0 unspecified atom stereocenters. The van der Waals surface area contributed by atoms with E-state index in [0.717, 1.165) is 50.6 Å². The molecule has 0 aliphatic carbocycles. The molecule has 0 saturated carbocycles. The number of rotatable bonds is 9. The van der Waals surface area contributed by atoms with Crippen molar-refractivity contribution in [2.24, 2.45) is 0 Å². The highest BCUT2D eigenvalue weighted by Crippen LogP contribution is 2.21. The fraction of sp³-hybridized carbons (Fsp3) is 0.692. The molecule has 1 aromatic rings. The van der Waals surface area contributed by atoms with Gasteiger partial charge in [0.25, 0.3) is 0 Å². The van der Waals surface area contributed by atoms with Crippen molar-refractivity contribution >= 4 is 22.8 Å². The fourth-order valence-corrected chi connectivity index (χ4v) is 2.71. The van der Waals surface area contributed by atoms with E-state index < -0.39 is 0 Å². The lowest BCUT2D eigenvalue weighted by Crippen LogP contribution is -2.29. The quantitative estimate of drug-likeness (QED) is 0.645. The molecule has 0 aliphatic heterocycles. The van der Waals surface area contributed by atoms with Crippen molar-refractivity contribution < 1.29 is 4.79 Å². The molecule has 0 spiro atoms. The fourth-order valence-electron chi connectivity index (χ4n) is 1.89. The molecule has 1 heterocycles. The number of aldehydes is 1. The Morgan fingerprint density at radius 1 is 1.22 bits per heavy atom. The SMILES string of the molecule is CCN(CC)CCCN(CC)c1ncc(C=O)s1. The summed E-state index contributed by atoms with van der Waals surface area (Å²) in [5.41, 5.74) is 0. The Labute approximate surface area is 114 Å². The molecular formula is C13H23N3OS. The first-order chi connectivity index (χ1) is 8.74. The van der Waals surface area contributed by atoms with Crippen LogP contribution in [0.4, 0.5) is 5.13 Å². The van der Waals surface area contributed by atoms with Gasteiger partial charge in [-0.05, 0) is 33.0 Å². The molecule has 4 nitrogen and oxygen atoms in total. The largest absolute Gasteiger partial charge is 0.348 e. The summed E-state index contributed by atoms with van der Waals surface area (Å²) in [5.74, 6) is 0. The van der Waals surface area contributed by atoms with Crippen molar-refractivity contribution in [3.8, 4) is 0 Å². The van der Waals surface area contributed by atoms with Crippen molar-refractivity contribution in [1.82, 2.24) is 9.88 Å². The second kappa shape index (κ2) is 8.21. The monoisotopic (exact) mass is 269 g/mol. The van der Waals surface area contributed by atoms with Crippen molar-refractivity contribution in [1.29, 1.82) is 0 Å². The van der Waals surface area contributed by atoms with E-state index in [1.54, 1.807) is 6.20 Å². The highest BCUT2D eigenvalue weighted by atomic mass is 32.1. The first kappa shape index (κ1) is 15.1. The van der Waals surface area contributed by atoms with E-state index in [9.17, 15) is 4.79 Å². The van der Waals surface area contributed by atoms with Crippen LogP contribution in [0.25, 0.3) is 0 Å². The molecule has 0 N–H and O–H groups in total. The highest BCUT2D eigenvalue weighted by Gasteiger charge is 2.09. The minimum Gasteiger partial charge on any atom is -0.348 e. The molecule has 0 amide bonds. The van der Waals surface area contributed by atoms with Gasteiger partial charge in [0.05, 0.1) is 11.1 Å². The van der Waals surface area contributed by atoms with Crippen LogP contribution in [0.1, 0.15) is 36.9 Å². The Bertz CT molecular complexity index is 350. The molecule has 5 heteroatoms. The number of hydrogen-bond donors (Lipinski definition) is 0. The van der Waals surface area contributed by atoms with Crippen LogP contribution in [0.15, 0.2) is 6.20 Å². The van der Waals surface area contributed by atoms with Gasteiger partial charge in [-0.1, -0.05) is 25.2 Å². The van der Waals surface area contributed by atoms with E-state index in [1.807, 2.05) is 0 Å². The van der Waals surface area contributed by atoms with E-state index >= 15 is 0 Å². The molecule has 0 radical (unpaired) electrons. The van der Waals surface area contributed by atoms with Gasteiger partial charge in [0.15, 0.2) is 11.4 Å². The zero-order chi connectivity index (χ0) is 13.4. The van der Waals surface area contributed by atoms with Crippen LogP contribution < -0.4 is 4.90 Å². The van der Waals surface area contributed by atoms with E-state index in [2.05, 4.69) is 35.6 Å². The highest BCUT2D eigenvalue weighted by molar-refractivity contribution is 7.17. The van der Waals surface area contributed by atoms with Gasteiger partial charge in [-0.25, -0.2) is 4.98 Å². The molecule has 102 valence electrons. The summed E-state index contributed by atoms with van der Waals surface area (Å²) >= 11 is 1.47. The standard InChI is InChI=1S/C13H23N3OS/c1-4-15(5-2)8-7-9-16(6-3)13-14-10-12(11-17)18-13/h10-11H,4-9H2,1-3H3. The Morgan fingerprint density at radius 3 is 2.44 bits per heavy atom. The van der Waals surface area contributed by atoms with Crippen LogP contribution in [-0.2, 0) is 0 Å². The van der Waals surface area contributed by atoms with Crippen LogP contribution >= 0.6 is 11.3 Å². The number of thiazole rings is 1. The van der Waals surface area contributed by atoms with Gasteiger partial charge in [0.2, 0.25) is 0 Å². The minimum absolute atomic E-state index is 0.701. The molecule has 0 aliphatic rings. The summed E-state index contributed by atoms with van der Waals surface area (Å²) in [6, 6.07) is 0. The number of nitrogens with zero attached hydrogens (tertiary/aromatic N) is 3. The Hall–Kier alpha value is -0.940. The third kappa shape index (κ3) is 4.38. The summed E-state index contributed by atoms with van der Waals surface area (Å²) in [6.45, 7) is 11.8. The number of aromatic nitrogens is 1. The summed E-state index contributed by atoms with van der Waals surface area (Å²) in [5, 5.41) is 0.958. The third-order valence-electron chi connectivity index (χ3n) is 3.08. The van der Waals surface area contributed by atoms with Crippen LogP contribution in [0, 0.1) is 0 Å². The predicted octanol–water partition coefficient (Wildman–Crippen LogP) is 2.51. The maximum atomic E-state index is 10.7. The normalized spacial score (nSPS) is 10.9. The Balaban J connectivity index is 2.44. The van der Waals surface area contributed by atoms with Crippen LogP contribution in [0.3, 0.4) is 0 Å². The minimum atomic E-state index is 0.701. The summed E-state index contributed by atoms with van der Waals surface area (Å²) in [6.07, 6.45) is 3.65. The van der Waals surface area contributed by atoms with Gasteiger partial charge in [0, 0.05) is 13.1 Å². The zero-order valence-corrected chi connectivity index (χ0v) is 12.4. The summed E-state index contributed by atoms with van der Waals surface area (Å²) in [7, 11) is 0. The molecule has 0 aromatic carbocycles. The third-order valence-corrected chi connectivity index (χ3v) is 4.06. The van der Waals surface area contributed by atoms with Crippen molar-refractivity contribution in [3.63, 3.8) is 0 Å². The van der Waals surface area contributed by atoms with E-state index in [0.29, 0.717) is 4.88 Å². The van der Waals surface area contributed by atoms with Crippen molar-refractivity contribution in [2.45, 2.75) is 27.2 Å². The van der Waals surface area contributed by atoms with Gasteiger partial charge in [-0.15, -0.1) is 0 Å². The summed E-state index contributed by atoms with van der Waals surface area (Å²) in [4.78, 5) is 20.3.